The largest absolute Gasteiger partial charge is 0.352 e. The SMILES string of the molecule is CCc1ccc(-c2nc(C(=O)NNC(=O)[C@@H](CCSC)NC(N)=O)cs2)cc1. The average Bonchev–Trinajstić information content (AvgIpc) is 3.19. The van der Waals surface area contributed by atoms with Crippen molar-refractivity contribution in [1.82, 2.24) is 21.2 Å². The van der Waals surface area contributed by atoms with Gasteiger partial charge in [0.15, 0.2) is 0 Å². The number of rotatable bonds is 8. The van der Waals surface area contributed by atoms with Crippen molar-refractivity contribution in [3.8, 4) is 10.6 Å². The Morgan fingerprint density at radius 3 is 2.54 bits per heavy atom. The highest BCUT2D eigenvalue weighted by Crippen LogP contribution is 2.24. The topological polar surface area (TPSA) is 126 Å². The molecule has 1 aromatic carbocycles. The molecule has 28 heavy (non-hydrogen) atoms. The number of hydrazine groups is 1. The molecule has 0 radical (unpaired) electrons. The molecule has 0 aliphatic rings. The number of benzene rings is 1. The standard InChI is InChI=1S/C18H23N5O3S2/c1-3-11-4-6-12(7-5-11)17-20-14(10-28-17)16(25)23-22-15(24)13(8-9-27-2)21-18(19)26/h4-7,10,13H,3,8-9H2,1-2H3,(H,22,24)(H,23,25)(H3,19,21,26)/t13-/m1/s1. The zero-order valence-electron chi connectivity index (χ0n) is 15.7. The summed E-state index contributed by atoms with van der Waals surface area (Å²) < 4.78 is 0. The Morgan fingerprint density at radius 1 is 1.21 bits per heavy atom. The summed E-state index contributed by atoms with van der Waals surface area (Å²) in [5.74, 6) is -0.436. The van der Waals surface area contributed by atoms with Crippen LogP contribution in [0.15, 0.2) is 29.6 Å². The summed E-state index contributed by atoms with van der Waals surface area (Å²) in [4.78, 5) is 39.8. The molecule has 1 heterocycles. The molecule has 0 unspecified atom stereocenters. The summed E-state index contributed by atoms with van der Waals surface area (Å²) in [5.41, 5.74) is 12.1. The van der Waals surface area contributed by atoms with Crippen LogP contribution in [0.2, 0.25) is 0 Å². The smallest absolute Gasteiger partial charge is 0.312 e. The monoisotopic (exact) mass is 421 g/mol. The van der Waals surface area contributed by atoms with Gasteiger partial charge in [-0.05, 0) is 30.4 Å². The van der Waals surface area contributed by atoms with Crippen molar-refractivity contribution in [2.75, 3.05) is 12.0 Å². The van der Waals surface area contributed by atoms with Gasteiger partial charge < -0.3 is 11.1 Å². The van der Waals surface area contributed by atoms with E-state index >= 15 is 0 Å². The van der Waals surface area contributed by atoms with Crippen molar-refractivity contribution in [1.29, 1.82) is 0 Å². The van der Waals surface area contributed by atoms with Crippen molar-refractivity contribution in [3.63, 3.8) is 0 Å². The minimum atomic E-state index is -0.826. The van der Waals surface area contributed by atoms with Gasteiger partial charge in [-0.1, -0.05) is 31.2 Å². The van der Waals surface area contributed by atoms with Crippen LogP contribution in [0.1, 0.15) is 29.4 Å². The number of nitrogens with two attached hydrogens (primary N) is 1. The summed E-state index contributed by atoms with van der Waals surface area (Å²) in [6, 6.07) is 6.35. The summed E-state index contributed by atoms with van der Waals surface area (Å²) in [5, 5.41) is 4.70. The van der Waals surface area contributed by atoms with Crippen LogP contribution in [0.4, 0.5) is 4.79 Å². The second kappa shape index (κ2) is 10.7. The Balaban J connectivity index is 1.95. The molecule has 2 rings (SSSR count). The number of hydrogen-bond donors (Lipinski definition) is 4. The number of carbonyl (C=O) groups is 3. The van der Waals surface area contributed by atoms with Crippen LogP contribution in [-0.2, 0) is 11.2 Å². The van der Waals surface area contributed by atoms with Gasteiger partial charge in [-0.15, -0.1) is 11.3 Å². The maximum Gasteiger partial charge on any atom is 0.312 e. The molecule has 0 saturated carbocycles. The van der Waals surface area contributed by atoms with Crippen molar-refractivity contribution >= 4 is 40.9 Å². The van der Waals surface area contributed by atoms with E-state index in [1.54, 1.807) is 5.38 Å². The zero-order valence-corrected chi connectivity index (χ0v) is 17.3. The Hall–Kier alpha value is -2.59. The molecule has 0 fully saturated rings. The molecule has 0 saturated heterocycles. The highest BCUT2D eigenvalue weighted by molar-refractivity contribution is 7.98. The van der Waals surface area contributed by atoms with Crippen molar-refractivity contribution in [2.45, 2.75) is 25.8 Å². The number of primary amides is 1. The van der Waals surface area contributed by atoms with Crippen LogP contribution in [0.25, 0.3) is 10.6 Å². The number of amides is 4. The van der Waals surface area contributed by atoms with Crippen LogP contribution in [-0.4, -0.2) is 40.9 Å². The number of hydrogen-bond acceptors (Lipinski definition) is 6. The number of carbonyl (C=O) groups excluding carboxylic acids is 3. The number of thiazole rings is 1. The molecule has 1 atom stereocenters. The van der Waals surface area contributed by atoms with Gasteiger partial charge >= 0.3 is 6.03 Å². The van der Waals surface area contributed by atoms with E-state index < -0.39 is 23.9 Å². The first-order valence-electron chi connectivity index (χ1n) is 8.64. The maximum absolute atomic E-state index is 12.3. The van der Waals surface area contributed by atoms with Gasteiger partial charge in [-0.25, -0.2) is 9.78 Å². The maximum atomic E-state index is 12.3. The van der Waals surface area contributed by atoms with E-state index in [0.29, 0.717) is 17.2 Å². The zero-order chi connectivity index (χ0) is 20.5. The van der Waals surface area contributed by atoms with Gasteiger partial charge in [0.05, 0.1) is 0 Å². The Morgan fingerprint density at radius 2 is 1.93 bits per heavy atom. The van der Waals surface area contributed by atoms with Crippen molar-refractivity contribution in [3.05, 3.63) is 40.9 Å². The minimum absolute atomic E-state index is 0.198. The number of urea groups is 1. The predicted molar refractivity (Wildman–Crippen MR) is 112 cm³/mol. The second-order valence-electron chi connectivity index (χ2n) is 5.87. The first-order valence-corrected chi connectivity index (χ1v) is 10.9. The van der Waals surface area contributed by atoms with Gasteiger partial charge in [-0.2, -0.15) is 11.8 Å². The van der Waals surface area contributed by atoms with E-state index in [-0.39, 0.29) is 5.69 Å². The number of thioether (sulfide) groups is 1. The molecular formula is C18H23N5O3S2. The molecule has 4 amide bonds. The van der Waals surface area contributed by atoms with Crippen LogP contribution >= 0.6 is 23.1 Å². The number of aryl methyl sites for hydroxylation is 1. The third-order valence-corrected chi connectivity index (χ3v) is 5.42. The van der Waals surface area contributed by atoms with Gasteiger partial charge in [0, 0.05) is 10.9 Å². The molecule has 0 spiro atoms. The number of nitrogens with zero attached hydrogens (tertiary/aromatic N) is 1. The van der Waals surface area contributed by atoms with Crippen LogP contribution in [0.3, 0.4) is 0 Å². The average molecular weight is 422 g/mol. The fourth-order valence-electron chi connectivity index (χ4n) is 2.34. The van der Waals surface area contributed by atoms with E-state index in [4.69, 9.17) is 5.73 Å². The van der Waals surface area contributed by atoms with Crippen LogP contribution in [0.5, 0.6) is 0 Å². The van der Waals surface area contributed by atoms with E-state index in [2.05, 4.69) is 28.1 Å². The highest BCUT2D eigenvalue weighted by atomic mass is 32.2. The lowest BCUT2D eigenvalue weighted by Crippen LogP contribution is -2.53. The normalized spacial score (nSPS) is 11.5. The highest BCUT2D eigenvalue weighted by Gasteiger charge is 2.20. The Labute approximate surface area is 171 Å². The molecule has 5 N–H and O–H groups in total. The Kier molecular flexibility index (Phi) is 8.27. The predicted octanol–water partition coefficient (Wildman–Crippen LogP) is 1.92. The lowest BCUT2D eigenvalue weighted by molar-refractivity contribution is -0.123. The van der Waals surface area contributed by atoms with E-state index in [1.165, 1.54) is 28.7 Å². The summed E-state index contributed by atoms with van der Waals surface area (Å²) in [6.45, 7) is 2.08. The van der Waals surface area contributed by atoms with E-state index in [1.807, 2.05) is 30.5 Å². The molecule has 0 bridgehead atoms. The fourth-order valence-corrected chi connectivity index (χ4v) is 3.62. The molecule has 150 valence electrons. The van der Waals surface area contributed by atoms with Crippen LogP contribution in [0, 0.1) is 0 Å². The Bertz CT molecular complexity index is 823. The van der Waals surface area contributed by atoms with E-state index in [9.17, 15) is 14.4 Å². The van der Waals surface area contributed by atoms with Gasteiger partial charge in [0.2, 0.25) is 0 Å². The third-order valence-electron chi connectivity index (χ3n) is 3.89. The summed E-state index contributed by atoms with van der Waals surface area (Å²) in [6.07, 6.45) is 3.23. The third kappa shape index (κ3) is 6.24. The molecule has 0 aliphatic heterocycles. The fraction of sp³-hybridized carbons (Fsp3) is 0.333. The minimum Gasteiger partial charge on any atom is -0.352 e. The van der Waals surface area contributed by atoms with Crippen molar-refractivity contribution < 1.29 is 14.4 Å². The van der Waals surface area contributed by atoms with Crippen LogP contribution < -0.4 is 21.9 Å². The summed E-state index contributed by atoms with van der Waals surface area (Å²) >= 11 is 2.87. The lowest BCUT2D eigenvalue weighted by atomic mass is 10.1. The molecule has 0 aliphatic carbocycles. The van der Waals surface area contributed by atoms with Gasteiger partial charge in [-0.3, -0.25) is 20.4 Å². The first-order chi connectivity index (χ1) is 13.4. The quantitative estimate of drug-likeness (QED) is 0.485. The molecular weight excluding hydrogens is 398 g/mol. The first kappa shape index (κ1) is 21.7. The number of aromatic nitrogens is 1. The summed E-state index contributed by atoms with van der Waals surface area (Å²) in [7, 11) is 0. The molecule has 1 aromatic heterocycles. The molecule has 10 heteroatoms. The van der Waals surface area contributed by atoms with Gasteiger partial charge in [0.1, 0.15) is 16.7 Å². The molecule has 2 aromatic rings. The lowest BCUT2D eigenvalue weighted by Gasteiger charge is -2.16. The van der Waals surface area contributed by atoms with E-state index in [0.717, 1.165) is 12.0 Å². The van der Waals surface area contributed by atoms with Gasteiger partial charge in [0.25, 0.3) is 11.8 Å². The molecule has 8 nitrogen and oxygen atoms in total. The van der Waals surface area contributed by atoms with Crippen molar-refractivity contribution in [2.24, 2.45) is 5.73 Å². The number of nitrogens with one attached hydrogen (secondary N) is 3. The second-order valence-corrected chi connectivity index (χ2v) is 7.72.